The number of hydrogen-bond acceptors (Lipinski definition) is 4. The summed E-state index contributed by atoms with van der Waals surface area (Å²) in [5, 5.41) is 11.0. The maximum Gasteiger partial charge on any atom is 0.153 e. The first-order chi connectivity index (χ1) is 7.22. The van der Waals surface area contributed by atoms with Crippen LogP contribution < -0.4 is 5.73 Å². The number of halogens is 1. The summed E-state index contributed by atoms with van der Waals surface area (Å²) in [5.41, 5.74) is 6.93. The molecule has 0 spiro atoms. The molecule has 15 heavy (non-hydrogen) atoms. The number of nitrogens with two attached hydrogens (primary N) is 1. The van der Waals surface area contributed by atoms with E-state index in [2.05, 4.69) is 15.5 Å². The molecule has 1 aromatic heterocycles. The predicted octanol–water partition coefficient (Wildman–Crippen LogP) is 0.569. The number of aromatic nitrogens is 4. The van der Waals surface area contributed by atoms with Gasteiger partial charge >= 0.3 is 0 Å². The zero-order valence-electron chi connectivity index (χ0n) is 8.18. The third kappa shape index (κ3) is 1.71. The normalized spacial score (nSPS) is 10.6. The second-order valence-corrected chi connectivity index (χ2v) is 3.12. The van der Waals surface area contributed by atoms with E-state index in [-0.39, 0.29) is 5.82 Å². The summed E-state index contributed by atoms with van der Waals surface area (Å²) in [4.78, 5) is 0. The van der Waals surface area contributed by atoms with Gasteiger partial charge in [-0.3, -0.25) is 0 Å². The molecule has 0 aliphatic rings. The topological polar surface area (TPSA) is 69.6 Å². The maximum absolute atomic E-state index is 13.1. The second kappa shape index (κ2) is 3.74. The van der Waals surface area contributed by atoms with Gasteiger partial charge in [0.25, 0.3) is 0 Å². The smallest absolute Gasteiger partial charge is 0.153 e. The fourth-order valence-corrected chi connectivity index (χ4v) is 1.36. The molecule has 0 atom stereocenters. The summed E-state index contributed by atoms with van der Waals surface area (Å²) in [6.45, 7) is 2.06. The van der Waals surface area contributed by atoms with Crippen LogP contribution in [0.4, 0.5) is 4.39 Å². The van der Waals surface area contributed by atoms with E-state index in [1.165, 1.54) is 16.8 Å². The van der Waals surface area contributed by atoms with Crippen molar-refractivity contribution in [3.63, 3.8) is 0 Å². The molecule has 0 saturated heterocycles. The van der Waals surface area contributed by atoms with Crippen LogP contribution in [0.3, 0.4) is 0 Å². The minimum Gasteiger partial charge on any atom is -0.326 e. The van der Waals surface area contributed by atoms with Crippen molar-refractivity contribution in [1.29, 1.82) is 0 Å². The van der Waals surface area contributed by atoms with Crippen LogP contribution in [0, 0.1) is 12.7 Å². The first-order valence-corrected chi connectivity index (χ1v) is 4.46. The molecule has 0 bridgehead atoms. The van der Waals surface area contributed by atoms with E-state index >= 15 is 0 Å². The summed E-state index contributed by atoms with van der Waals surface area (Å²) in [6.07, 6.45) is 0. The van der Waals surface area contributed by atoms with Gasteiger partial charge in [0, 0.05) is 12.6 Å². The lowest BCUT2D eigenvalue weighted by molar-refractivity contribution is 0.623. The van der Waals surface area contributed by atoms with Gasteiger partial charge in [0.1, 0.15) is 5.82 Å². The van der Waals surface area contributed by atoms with Crippen LogP contribution in [0.1, 0.15) is 11.4 Å². The SMILES string of the molecule is Cc1nnnn1-c1cc(F)ccc1CN. The Hall–Kier alpha value is -1.82. The van der Waals surface area contributed by atoms with Crippen molar-refractivity contribution in [3.8, 4) is 5.69 Å². The van der Waals surface area contributed by atoms with Crippen molar-refractivity contribution >= 4 is 0 Å². The Bertz CT molecular complexity index is 479. The number of hydrogen-bond donors (Lipinski definition) is 1. The van der Waals surface area contributed by atoms with Gasteiger partial charge in [-0.15, -0.1) is 5.10 Å². The van der Waals surface area contributed by atoms with E-state index in [0.29, 0.717) is 18.1 Å². The quantitative estimate of drug-likeness (QED) is 0.781. The van der Waals surface area contributed by atoms with Crippen LogP contribution in [-0.2, 0) is 6.54 Å². The van der Waals surface area contributed by atoms with E-state index in [9.17, 15) is 4.39 Å². The van der Waals surface area contributed by atoms with E-state index in [1.54, 1.807) is 13.0 Å². The van der Waals surface area contributed by atoms with Gasteiger partial charge in [-0.2, -0.15) is 4.68 Å². The molecule has 0 saturated carbocycles. The van der Waals surface area contributed by atoms with Crippen LogP contribution in [0.15, 0.2) is 18.2 Å². The van der Waals surface area contributed by atoms with Gasteiger partial charge in [0.15, 0.2) is 5.82 Å². The minimum absolute atomic E-state index is 0.314. The number of benzene rings is 1. The molecule has 2 N–H and O–H groups in total. The Balaban J connectivity index is 2.60. The third-order valence-corrected chi connectivity index (χ3v) is 2.12. The van der Waals surface area contributed by atoms with Gasteiger partial charge in [-0.05, 0) is 29.0 Å². The lowest BCUT2D eigenvalue weighted by Crippen LogP contribution is -2.07. The van der Waals surface area contributed by atoms with Crippen LogP contribution in [-0.4, -0.2) is 20.2 Å². The Labute approximate surface area is 85.7 Å². The van der Waals surface area contributed by atoms with E-state index in [4.69, 9.17) is 5.73 Å². The molecule has 0 aliphatic carbocycles. The molecule has 78 valence electrons. The highest BCUT2D eigenvalue weighted by atomic mass is 19.1. The average Bonchev–Trinajstić information content (AvgIpc) is 2.64. The number of aryl methyl sites for hydroxylation is 1. The molecular formula is C9H10FN5. The van der Waals surface area contributed by atoms with Crippen molar-refractivity contribution in [3.05, 3.63) is 35.4 Å². The monoisotopic (exact) mass is 207 g/mol. The largest absolute Gasteiger partial charge is 0.326 e. The molecule has 6 heteroatoms. The van der Waals surface area contributed by atoms with Crippen molar-refractivity contribution < 1.29 is 4.39 Å². The highest BCUT2D eigenvalue weighted by Gasteiger charge is 2.09. The molecule has 0 amide bonds. The highest BCUT2D eigenvalue weighted by molar-refractivity contribution is 5.40. The van der Waals surface area contributed by atoms with Crippen molar-refractivity contribution in [1.82, 2.24) is 20.2 Å². The first kappa shape index (κ1) is 9.72. The molecule has 0 unspecified atom stereocenters. The van der Waals surface area contributed by atoms with Gasteiger partial charge in [0.05, 0.1) is 5.69 Å². The summed E-state index contributed by atoms with van der Waals surface area (Å²) in [5.74, 6) is 0.257. The fourth-order valence-electron chi connectivity index (χ4n) is 1.36. The Morgan fingerprint density at radius 3 is 2.87 bits per heavy atom. The van der Waals surface area contributed by atoms with Crippen LogP contribution in [0.25, 0.3) is 5.69 Å². The molecule has 0 fully saturated rings. The molecule has 2 rings (SSSR count). The van der Waals surface area contributed by atoms with Crippen molar-refractivity contribution in [2.75, 3.05) is 0 Å². The summed E-state index contributed by atoms with van der Waals surface area (Å²) in [6, 6.07) is 4.36. The maximum atomic E-state index is 13.1. The molecule has 1 aromatic carbocycles. The predicted molar refractivity (Wildman–Crippen MR) is 51.7 cm³/mol. The van der Waals surface area contributed by atoms with Gasteiger partial charge < -0.3 is 5.73 Å². The van der Waals surface area contributed by atoms with Crippen molar-refractivity contribution in [2.24, 2.45) is 5.73 Å². The Morgan fingerprint density at radius 1 is 1.47 bits per heavy atom. The van der Waals surface area contributed by atoms with E-state index in [1.807, 2.05) is 0 Å². The highest BCUT2D eigenvalue weighted by Crippen LogP contribution is 2.15. The molecule has 0 aliphatic heterocycles. The van der Waals surface area contributed by atoms with Gasteiger partial charge in [0.2, 0.25) is 0 Å². The second-order valence-electron chi connectivity index (χ2n) is 3.12. The molecule has 5 nitrogen and oxygen atoms in total. The molecule has 1 heterocycles. The fraction of sp³-hybridized carbons (Fsp3) is 0.222. The van der Waals surface area contributed by atoms with Crippen LogP contribution >= 0.6 is 0 Å². The third-order valence-electron chi connectivity index (χ3n) is 2.12. The first-order valence-electron chi connectivity index (χ1n) is 4.46. The summed E-state index contributed by atoms with van der Waals surface area (Å²) >= 11 is 0. The van der Waals surface area contributed by atoms with Gasteiger partial charge in [-0.25, -0.2) is 4.39 Å². The summed E-state index contributed by atoms with van der Waals surface area (Å²) in [7, 11) is 0. The standard InChI is InChI=1S/C9H10FN5/c1-6-12-13-14-15(6)9-4-8(10)3-2-7(9)5-11/h2-4H,5,11H2,1H3. The van der Waals surface area contributed by atoms with Crippen LogP contribution in [0.2, 0.25) is 0 Å². The number of tetrazole rings is 1. The molecule has 0 radical (unpaired) electrons. The lowest BCUT2D eigenvalue weighted by Gasteiger charge is -2.07. The van der Waals surface area contributed by atoms with Crippen LogP contribution in [0.5, 0.6) is 0 Å². The van der Waals surface area contributed by atoms with E-state index < -0.39 is 0 Å². The number of nitrogens with zero attached hydrogens (tertiary/aromatic N) is 4. The van der Waals surface area contributed by atoms with Crippen molar-refractivity contribution in [2.45, 2.75) is 13.5 Å². The summed E-state index contributed by atoms with van der Waals surface area (Å²) < 4.78 is 14.5. The zero-order chi connectivity index (χ0) is 10.8. The molecule has 2 aromatic rings. The van der Waals surface area contributed by atoms with E-state index in [0.717, 1.165) is 5.56 Å². The Morgan fingerprint density at radius 2 is 2.27 bits per heavy atom. The number of rotatable bonds is 2. The average molecular weight is 207 g/mol. The van der Waals surface area contributed by atoms with Gasteiger partial charge in [-0.1, -0.05) is 6.07 Å². The minimum atomic E-state index is -0.336. The lowest BCUT2D eigenvalue weighted by atomic mass is 10.1. The zero-order valence-corrected chi connectivity index (χ0v) is 8.18. The molecular weight excluding hydrogens is 197 g/mol. The Kier molecular flexibility index (Phi) is 2.42.